The Morgan fingerprint density at radius 2 is 2.17 bits per heavy atom. The minimum absolute atomic E-state index is 0.552. The Labute approximate surface area is 119 Å². The van der Waals surface area contributed by atoms with Crippen LogP contribution >= 0.6 is 27.5 Å². The number of nitrogens with zero attached hydrogens (tertiary/aromatic N) is 1. The van der Waals surface area contributed by atoms with Crippen molar-refractivity contribution in [2.45, 2.75) is 6.92 Å². The number of pyridine rings is 1. The van der Waals surface area contributed by atoms with Gasteiger partial charge in [0.25, 0.3) is 0 Å². The van der Waals surface area contributed by atoms with Gasteiger partial charge in [0.15, 0.2) is 0 Å². The zero-order valence-electron chi connectivity index (χ0n) is 9.78. The molecule has 1 N–H and O–H groups in total. The summed E-state index contributed by atoms with van der Waals surface area (Å²) in [6, 6.07) is 9.47. The van der Waals surface area contributed by atoms with Crippen LogP contribution in [-0.2, 0) is 0 Å². The summed E-state index contributed by atoms with van der Waals surface area (Å²) in [5.41, 5.74) is 0.844. The molecule has 0 aliphatic rings. The Morgan fingerprint density at radius 1 is 1.39 bits per heavy atom. The molecule has 3 nitrogen and oxygen atoms in total. The summed E-state index contributed by atoms with van der Waals surface area (Å²) in [4.78, 5) is 4.23. The van der Waals surface area contributed by atoms with Gasteiger partial charge in [-0.3, -0.25) is 0 Å². The van der Waals surface area contributed by atoms with Gasteiger partial charge in [0.05, 0.1) is 17.3 Å². The second-order valence-corrected chi connectivity index (χ2v) is 4.86. The average Bonchev–Trinajstić information content (AvgIpc) is 2.35. The highest BCUT2D eigenvalue weighted by Gasteiger charge is 2.07. The van der Waals surface area contributed by atoms with Crippen LogP contribution in [0.4, 0.5) is 11.5 Å². The van der Waals surface area contributed by atoms with Gasteiger partial charge in [0.2, 0.25) is 0 Å². The van der Waals surface area contributed by atoms with E-state index in [1.165, 1.54) is 0 Å². The van der Waals surface area contributed by atoms with Crippen molar-refractivity contribution in [1.82, 2.24) is 4.98 Å². The van der Waals surface area contributed by atoms with Gasteiger partial charge in [-0.25, -0.2) is 4.98 Å². The van der Waals surface area contributed by atoms with Gasteiger partial charge < -0.3 is 10.1 Å². The first kappa shape index (κ1) is 13.2. The molecule has 0 aliphatic heterocycles. The van der Waals surface area contributed by atoms with Gasteiger partial charge in [-0.2, -0.15) is 0 Å². The molecular formula is C13H12BrClN2O. The summed E-state index contributed by atoms with van der Waals surface area (Å²) in [6.07, 6.45) is 1.69. The largest absolute Gasteiger partial charge is 0.492 e. The van der Waals surface area contributed by atoms with E-state index in [0.717, 1.165) is 15.9 Å². The molecule has 0 amide bonds. The Kier molecular flexibility index (Phi) is 4.44. The van der Waals surface area contributed by atoms with Crippen LogP contribution in [0.1, 0.15) is 6.92 Å². The lowest BCUT2D eigenvalue weighted by Crippen LogP contribution is -1.99. The lowest BCUT2D eigenvalue weighted by Gasteiger charge is -2.12. The molecule has 2 rings (SSSR count). The van der Waals surface area contributed by atoms with Gasteiger partial charge in [-0.15, -0.1) is 0 Å². The lowest BCUT2D eigenvalue weighted by molar-refractivity contribution is 0.342. The molecule has 0 fully saturated rings. The number of ether oxygens (including phenoxy) is 1. The fourth-order valence-corrected chi connectivity index (χ4v) is 2.16. The maximum atomic E-state index is 6.11. The number of benzene rings is 1. The smallest absolute Gasteiger partial charge is 0.149 e. The maximum absolute atomic E-state index is 6.11. The predicted molar refractivity (Wildman–Crippen MR) is 77.8 cm³/mol. The van der Waals surface area contributed by atoms with E-state index in [-0.39, 0.29) is 0 Å². The Bertz CT molecular complexity index is 548. The van der Waals surface area contributed by atoms with Crippen LogP contribution in [0.3, 0.4) is 0 Å². The fourth-order valence-electron chi connectivity index (χ4n) is 1.49. The van der Waals surface area contributed by atoms with Crippen LogP contribution in [0.5, 0.6) is 5.75 Å². The molecule has 2 aromatic rings. The van der Waals surface area contributed by atoms with Gasteiger partial charge >= 0.3 is 0 Å². The van der Waals surface area contributed by atoms with Crippen molar-refractivity contribution in [3.8, 4) is 5.75 Å². The lowest BCUT2D eigenvalue weighted by atomic mass is 10.3. The summed E-state index contributed by atoms with van der Waals surface area (Å²) in [5, 5.41) is 3.72. The number of nitrogens with one attached hydrogen (secondary N) is 1. The second-order valence-electron chi connectivity index (χ2n) is 3.54. The third-order valence-corrected chi connectivity index (χ3v) is 2.97. The Morgan fingerprint density at radius 3 is 2.89 bits per heavy atom. The molecule has 0 radical (unpaired) electrons. The van der Waals surface area contributed by atoms with Crippen LogP contribution in [0.15, 0.2) is 41.0 Å². The number of hydrogen-bond acceptors (Lipinski definition) is 3. The molecule has 1 heterocycles. The predicted octanol–water partition coefficient (Wildman–Crippen LogP) is 4.64. The molecule has 0 atom stereocenters. The maximum Gasteiger partial charge on any atom is 0.149 e. The average molecular weight is 328 g/mol. The quantitative estimate of drug-likeness (QED) is 0.888. The fraction of sp³-hybridized carbons (Fsp3) is 0.154. The van der Waals surface area contributed by atoms with E-state index in [0.29, 0.717) is 17.4 Å². The minimum atomic E-state index is 0.552. The van der Waals surface area contributed by atoms with Crippen LogP contribution in [-0.4, -0.2) is 11.6 Å². The van der Waals surface area contributed by atoms with Gasteiger partial charge in [0, 0.05) is 10.7 Å². The van der Waals surface area contributed by atoms with Crippen LogP contribution in [0.2, 0.25) is 5.02 Å². The summed E-state index contributed by atoms with van der Waals surface area (Å²) < 4.78 is 6.37. The van der Waals surface area contributed by atoms with Crippen LogP contribution in [0.25, 0.3) is 0 Å². The Hall–Kier alpha value is -1.26. The molecule has 0 unspecified atom stereocenters. The topological polar surface area (TPSA) is 34.1 Å². The zero-order valence-corrected chi connectivity index (χ0v) is 12.1. The number of halogens is 2. The summed E-state index contributed by atoms with van der Waals surface area (Å²) in [7, 11) is 0. The molecule has 18 heavy (non-hydrogen) atoms. The van der Waals surface area contributed by atoms with Gasteiger partial charge in [-0.1, -0.05) is 23.7 Å². The molecule has 1 aromatic heterocycles. The third-order valence-electron chi connectivity index (χ3n) is 2.25. The van der Waals surface area contributed by atoms with E-state index in [9.17, 15) is 0 Å². The summed E-state index contributed by atoms with van der Waals surface area (Å²) >= 11 is 9.43. The highest BCUT2D eigenvalue weighted by Crippen LogP contribution is 2.30. The Balaban J connectivity index is 2.28. The first-order chi connectivity index (χ1) is 8.70. The minimum Gasteiger partial charge on any atom is -0.492 e. The molecule has 0 bridgehead atoms. The van der Waals surface area contributed by atoms with Crippen molar-refractivity contribution in [1.29, 1.82) is 0 Å². The molecule has 0 saturated carbocycles. The number of aromatic nitrogens is 1. The van der Waals surface area contributed by atoms with Gasteiger partial charge in [-0.05, 0) is 41.1 Å². The van der Waals surface area contributed by atoms with E-state index in [1.54, 1.807) is 12.3 Å². The second kappa shape index (κ2) is 6.07. The monoisotopic (exact) mass is 326 g/mol. The number of para-hydroxylation sites is 2. The molecule has 0 saturated heterocycles. The standard InChI is InChI=1S/C13H12BrClN2O/c1-2-18-12-6-4-3-5-11(12)17-13-10(15)7-9(14)8-16-13/h3-8H,2H2,1H3,(H,16,17). The highest BCUT2D eigenvalue weighted by atomic mass is 79.9. The number of hydrogen-bond donors (Lipinski definition) is 1. The van der Waals surface area contributed by atoms with E-state index in [2.05, 4.69) is 26.2 Å². The first-order valence-corrected chi connectivity index (χ1v) is 6.67. The van der Waals surface area contributed by atoms with Gasteiger partial charge in [0.1, 0.15) is 11.6 Å². The highest BCUT2D eigenvalue weighted by molar-refractivity contribution is 9.10. The summed E-state index contributed by atoms with van der Waals surface area (Å²) in [5.74, 6) is 1.38. The first-order valence-electron chi connectivity index (χ1n) is 5.50. The molecular weight excluding hydrogens is 316 g/mol. The van der Waals surface area contributed by atoms with Crippen molar-refractivity contribution in [3.63, 3.8) is 0 Å². The van der Waals surface area contributed by atoms with E-state index < -0.39 is 0 Å². The van der Waals surface area contributed by atoms with Crippen molar-refractivity contribution in [2.24, 2.45) is 0 Å². The van der Waals surface area contributed by atoms with Crippen molar-refractivity contribution >= 4 is 39.0 Å². The SMILES string of the molecule is CCOc1ccccc1Nc1ncc(Br)cc1Cl. The van der Waals surface area contributed by atoms with E-state index >= 15 is 0 Å². The van der Waals surface area contributed by atoms with E-state index in [4.69, 9.17) is 16.3 Å². The van der Waals surface area contributed by atoms with Crippen LogP contribution in [0, 0.1) is 0 Å². The summed E-state index contributed by atoms with van der Waals surface area (Å²) in [6.45, 7) is 2.56. The molecule has 0 aliphatic carbocycles. The van der Waals surface area contributed by atoms with Crippen molar-refractivity contribution in [3.05, 3.63) is 46.0 Å². The van der Waals surface area contributed by atoms with Crippen molar-refractivity contribution < 1.29 is 4.74 Å². The third kappa shape index (κ3) is 3.15. The number of rotatable bonds is 4. The van der Waals surface area contributed by atoms with Crippen LogP contribution < -0.4 is 10.1 Å². The van der Waals surface area contributed by atoms with Crippen molar-refractivity contribution in [2.75, 3.05) is 11.9 Å². The molecule has 5 heteroatoms. The van der Waals surface area contributed by atoms with E-state index in [1.807, 2.05) is 31.2 Å². The molecule has 0 spiro atoms. The zero-order chi connectivity index (χ0) is 13.0. The molecule has 94 valence electrons. The number of anilines is 2. The normalized spacial score (nSPS) is 10.2. The molecule has 1 aromatic carbocycles.